The maximum atomic E-state index is 12.9. The first-order chi connectivity index (χ1) is 13.6. The van der Waals surface area contributed by atoms with Crippen LogP contribution in [-0.4, -0.2) is 25.0 Å². The molecule has 0 radical (unpaired) electrons. The fraction of sp³-hybridized carbons (Fsp3) is 0.652. The number of carbonyl (C=O) groups is 2. The van der Waals surface area contributed by atoms with E-state index >= 15 is 0 Å². The Morgan fingerprint density at radius 2 is 1.64 bits per heavy atom. The third-order valence-electron chi connectivity index (χ3n) is 6.84. The van der Waals surface area contributed by atoms with Gasteiger partial charge in [-0.1, -0.05) is 0 Å². The zero-order valence-corrected chi connectivity index (χ0v) is 16.8. The summed E-state index contributed by atoms with van der Waals surface area (Å²) in [6, 6.07) is 7.39. The van der Waals surface area contributed by atoms with Crippen molar-refractivity contribution in [2.45, 2.75) is 58.3 Å². The topological polar surface area (TPSA) is 67.4 Å². The summed E-state index contributed by atoms with van der Waals surface area (Å²) in [7, 11) is 0. The molecular weight excluding hydrogens is 352 g/mol. The Morgan fingerprint density at radius 3 is 2.21 bits per heavy atom. The first-order valence-corrected chi connectivity index (χ1v) is 10.9. The number of hydrogen-bond donors (Lipinski definition) is 2. The van der Waals surface area contributed by atoms with Crippen LogP contribution in [0.4, 0.5) is 5.69 Å². The summed E-state index contributed by atoms with van der Waals surface area (Å²) < 4.78 is 5.40. The average Bonchev–Trinajstić information content (AvgIpc) is 2.66. The molecule has 5 nitrogen and oxygen atoms in total. The van der Waals surface area contributed by atoms with Crippen LogP contribution in [0.2, 0.25) is 0 Å². The van der Waals surface area contributed by atoms with E-state index in [0.717, 1.165) is 48.5 Å². The first-order valence-electron chi connectivity index (χ1n) is 10.9. The van der Waals surface area contributed by atoms with Gasteiger partial charge in [-0.3, -0.25) is 9.59 Å². The van der Waals surface area contributed by atoms with Crippen molar-refractivity contribution in [1.29, 1.82) is 0 Å². The van der Waals surface area contributed by atoms with Crippen molar-refractivity contribution in [2.75, 3.05) is 18.5 Å². The lowest BCUT2D eigenvalue weighted by Crippen LogP contribution is -2.53. The van der Waals surface area contributed by atoms with Crippen molar-refractivity contribution >= 4 is 17.5 Å². The van der Waals surface area contributed by atoms with Crippen LogP contribution >= 0.6 is 0 Å². The second kappa shape index (κ2) is 8.14. The molecule has 0 spiro atoms. The molecule has 1 aromatic rings. The van der Waals surface area contributed by atoms with Gasteiger partial charge in [0.15, 0.2) is 0 Å². The Bertz CT molecular complexity index is 678. The van der Waals surface area contributed by atoms with Crippen molar-refractivity contribution in [3.63, 3.8) is 0 Å². The zero-order valence-electron chi connectivity index (χ0n) is 16.8. The van der Waals surface area contributed by atoms with Crippen molar-refractivity contribution in [3.05, 3.63) is 24.3 Å². The largest absolute Gasteiger partial charge is 0.494 e. The molecule has 28 heavy (non-hydrogen) atoms. The molecule has 1 aromatic carbocycles. The van der Waals surface area contributed by atoms with E-state index in [1.807, 2.05) is 31.2 Å². The summed E-state index contributed by atoms with van der Waals surface area (Å²) in [6.07, 6.45) is 8.37. The summed E-state index contributed by atoms with van der Waals surface area (Å²) in [5.41, 5.74) is 0.672. The van der Waals surface area contributed by atoms with Crippen LogP contribution < -0.4 is 15.4 Å². The number of ether oxygens (including phenoxy) is 1. The van der Waals surface area contributed by atoms with Crippen LogP contribution in [0.1, 0.15) is 58.3 Å². The zero-order chi connectivity index (χ0) is 19.6. The molecule has 4 aliphatic rings. The van der Waals surface area contributed by atoms with Crippen LogP contribution in [0.25, 0.3) is 0 Å². The van der Waals surface area contributed by atoms with E-state index in [4.69, 9.17) is 4.74 Å². The van der Waals surface area contributed by atoms with Crippen molar-refractivity contribution in [2.24, 2.45) is 23.2 Å². The van der Waals surface area contributed by atoms with E-state index in [0.29, 0.717) is 26.0 Å². The van der Waals surface area contributed by atoms with Gasteiger partial charge in [0, 0.05) is 24.1 Å². The van der Waals surface area contributed by atoms with Gasteiger partial charge in [0.2, 0.25) is 11.8 Å². The monoisotopic (exact) mass is 384 g/mol. The number of rotatable bonds is 8. The number of nitrogens with one attached hydrogen (secondary N) is 2. The lowest BCUT2D eigenvalue weighted by molar-refractivity contribution is -0.146. The van der Waals surface area contributed by atoms with Gasteiger partial charge in [0.1, 0.15) is 5.75 Å². The molecule has 4 saturated carbocycles. The van der Waals surface area contributed by atoms with Gasteiger partial charge in [-0.2, -0.15) is 0 Å². The Kier molecular flexibility index (Phi) is 5.61. The fourth-order valence-corrected chi connectivity index (χ4v) is 6.05. The maximum Gasteiger partial charge on any atom is 0.226 e. The normalized spacial score (nSPS) is 30.1. The van der Waals surface area contributed by atoms with E-state index < -0.39 is 0 Å². The van der Waals surface area contributed by atoms with Crippen LogP contribution in [-0.2, 0) is 9.59 Å². The summed E-state index contributed by atoms with van der Waals surface area (Å²) in [4.78, 5) is 25.0. The van der Waals surface area contributed by atoms with Gasteiger partial charge in [-0.15, -0.1) is 0 Å². The lowest BCUT2D eigenvalue weighted by atomic mass is 9.49. The molecular formula is C23H32N2O3. The molecule has 0 unspecified atom stereocenters. The molecule has 4 bridgehead atoms. The van der Waals surface area contributed by atoms with Crippen LogP contribution in [0.3, 0.4) is 0 Å². The van der Waals surface area contributed by atoms with E-state index in [-0.39, 0.29) is 17.2 Å². The summed E-state index contributed by atoms with van der Waals surface area (Å²) in [5.74, 6) is 3.35. The predicted molar refractivity (Wildman–Crippen MR) is 109 cm³/mol. The molecule has 4 aliphatic carbocycles. The van der Waals surface area contributed by atoms with E-state index in [9.17, 15) is 9.59 Å². The highest BCUT2D eigenvalue weighted by Gasteiger charge is 2.54. The molecule has 0 heterocycles. The summed E-state index contributed by atoms with van der Waals surface area (Å²) in [6.45, 7) is 3.15. The molecule has 2 N–H and O–H groups in total. The Labute approximate surface area is 167 Å². The van der Waals surface area contributed by atoms with Gasteiger partial charge in [0.25, 0.3) is 0 Å². The van der Waals surface area contributed by atoms with Gasteiger partial charge in [-0.25, -0.2) is 0 Å². The smallest absolute Gasteiger partial charge is 0.226 e. The Morgan fingerprint density at radius 1 is 1.04 bits per heavy atom. The van der Waals surface area contributed by atoms with Crippen molar-refractivity contribution in [1.82, 2.24) is 5.32 Å². The van der Waals surface area contributed by atoms with Crippen LogP contribution in [0.15, 0.2) is 24.3 Å². The third kappa shape index (κ3) is 4.18. The third-order valence-corrected chi connectivity index (χ3v) is 6.84. The number of hydrogen-bond acceptors (Lipinski definition) is 3. The van der Waals surface area contributed by atoms with Crippen molar-refractivity contribution in [3.8, 4) is 5.75 Å². The average molecular weight is 385 g/mol. The Balaban J connectivity index is 1.18. The van der Waals surface area contributed by atoms with Crippen LogP contribution in [0.5, 0.6) is 5.75 Å². The molecule has 0 aromatic heterocycles. The number of benzene rings is 1. The first kappa shape index (κ1) is 19.3. The lowest BCUT2D eigenvalue weighted by Gasteiger charge is -2.55. The molecule has 152 valence electrons. The summed E-state index contributed by atoms with van der Waals surface area (Å²) in [5, 5.41) is 6.05. The summed E-state index contributed by atoms with van der Waals surface area (Å²) >= 11 is 0. The highest BCUT2D eigenvalue weighted by atomic mass is 16.5. The fourth-order valence-electron chi connectivity index (χ4n) is 6.05. The number of amides is 2. The highest BCUT2D eigenvalue weighted by molar-refractivity contribution is 5.90. The van der Waals surface area contributed by atoms with E-state index in [2.05, 4.69) is 10.6 Å². The molecule has 0 saturated heterocycles. The minimum Gasteiger partial charge on any atom is -0.494 e. The second-order valence-electron chi connectivity index (χ2n) is 9.06. The predicted octanol–water partition coefficient (Wildman–Crippen LogP) is 4.14. The van der Waals surface area contributed by atoms with Gasteiger partial charge >= 0.3 is 0 Å². The Hall–Kier alpha value is -2.04. The molecule has 4 fully saturated rings. The SMILES string of the molecule is CCOc1ccc(NC(=O)CCCNC(=O)C23CC4CC(CC(C4)C2)C3)cc1. The quantitative estimate of drug-likeness (QED) is 0.662. The van der Waals surface area contributed by atoms with E-state index in [1.54, 1.807) is 0 Å². The molecule has 2 amide bonds. The highest BCUT2D eigenvalue weighted by Crippen LogP contribution is 2.60. The van der Waals surface area contributed by atoms with Gasteiger partial charge in [-0.05, 0) is 93.9 Å². The second-order valence-corrected chi connectivity index (χ2v) is 9.06. The maximum absolute atomic E-state index is 12.9. The minimum atomic E-state index is -0.0979. The number of anilines is 1. The van der Waals surface area contributed by atoms with Crippen molar-refractivity contribution < 1.29 is 14.3 Å². The minimum absolute atomic E-state index is 0.0202. The van der Waals surface area contributed by atoms with Gasteiger partial charge < -0.3 is 15.4 Å². The molecule has 0 aliphatic heterocycles. The standard InChI is InChI=1S/C23H32N2O3/c1-2-28-20-7-5-19(6-8-20)25-21(26)4-3-9-24-22(27)23-13-16-10-17(14-23)12-18(11-16)15-23/h5-8,16-18H,2-4,9-15H2,1H3,(H,24,27)(H,25,26). The van der Waals surface area contributed by atoms with Crippen LogP contribution in [0, 0.1) is 23.2 Å². The van der Waals surface area contributed by atoms with Gasteiger partial charge in [0.05, 0.1) is 6.61 Å². The number of carbonyl (C=O) groups excluding carboxylic acids is 2. The van der Waals surface area contributed by atoms with E-state index in [1.165, 1.54) is 19.3 Å². The molecule has 0 atom stereocenters. The molecule has 5 rings (SSSR count). The molecule has 5 heteroatoms.